The number of hydrogen-bond donors (Lipinski definition) is 1. The van der Waals surface area contributed by atoms with Crippen molar-refractivity contribution >= 4 is 0 Å². The van der Waals surface area contributed by atoms with Crippen LogP contribution in [-0.4, -0.2) is 10.3 Å². The summed E-state index contributed by atoms with van der Waals surface area (Å²) in [5.74, 6) is 1.42. The Morgan fingerprint density at radius 2 is 2.25 bits per heavy atom. The van der Waals surface area contributed by atoms with E-state index >= 15 is 0 Å². The average molecular weight is 167 g/mol. The first-order valence-corrected chi connectivity index (χ1v) is 4.46. The van der Waals surface area contributed by atoms with Crippen LogP contribution >= 0.6 is 0 Å². The summed E-state index contributed by atoms with van der Waals surface area (Å²) in [6, 6.07) is 0. The van der Waals surface area contributed by atoms with Crippen LogP contribution in [-0.2, 0) is 6.61 Å². The third kappa shape index (κ3) is 1.25. The van der Waals surface area contributed by atoms with Gasteiger partial charge < -0.3 is 9.63 Å². The van der Waals surface area contributed by atoms with E-state index in [1.807, 2.05) is 0 Å². The fraction of sp³-hybridized carbons (Fsp3) is 0.667. The average Bonchev–Trinajstić information content (AvgIpc) is 2.74. The molecule has 1 aliphatic carbocycles. The summed E-state index contributed by atoms with van der Waals surface area (Å²) in [4.78, 5) is 0. The van der Waals surface area contributed by atoms with E-state index in [1.165, 1.54) is 25.7 Å². The SMILES string of the molecule is OCc1cnoc1C1CCCC1. The molecule has 0 aromatic carbocycles. The molecule has 12 heavy (non-hydrogen) atoms. The molecular weight excluding hydrogens is 154 g/mol. The predicted molar refractivity (Wildman–Crippen MR) is 43.6 cm³/mol. The van der Waals surface area contributed by atoms with E-state index in [9.17, 15) is 0 Å². The molecule has 3 nitrogen and oxygen atoms in total. The van der Waals surface area contributed by atoms with Crippen molar-refractivity contribution in [3.63, 3.8) is 0 Å². The summed E-state index contributed by atoms with van der Waals surface area (Å²) in [6.07, 6.45) is 6.53. The predicted octanol–water partition coefficient (Wildman–Crippen LogP) is 1.82. The molecule has 1 saturated carbocycles. The van der Waals surface area contributed by atoms with Gasteiger partial charge >= 0.3 is 0 Å². The zero-order valence-corrected chi connectivity index (χ0v) is 6.99. The third-order valence-corrected chi connectivity index (χ3v) is 2.57. The highest BCUT2D eigenvalue weighted by Crippen LogP contribution is 2.35. The van der Waals surface area contributed by atoms with Gasteiger partial charge in [0.05, 0.1) is 12.8 Å². The van der Waals surface area contributed by atoms with Gasteiger partial charge in [0.25, 0.3) is 0 Å². The maximum atomic E-state index is 8.97. The molecule has 1 heterocycles. The Morgan fingerprint density at radius 1 is 1.50 bits per heavy atom. The van der Waals surface area contributed by atoms with Gasteiger partial charge in [-0.2, -0.15) is 0 Å². The molecule has 0 aliphatic heterocycles. The Bertz CT molecular complexity index is 251. The molecule has 0 saturated heterocycles. The molecule has 0 radical (unpaired) electrons. The van der Waals surface area contributed by atoms with Crippen LogP contribution in [0.1, 0.15) is 42.9 Å². The second-order valence-corrected chi connectivity index (χ2v) is 3.35. The monoisotopic (exact) mass is 167 g/mol. The van der Waals surface area contributed by atoms with E-state index in [2.05, 4.69) is 5.16 Å². The smallest absolute Gasteiger partial charge is 0.145 e. The van der Waals surface area contributed by atoms with Crippen LogP contribution < -0.4 is 0 Å². The van der Waals surface area contributed by atoms with E-state index < -0.39 is 0 Å². The first-order valence-electron chi connectivity index (χ1n) is 4.46. The zero-order valence-electron chi connectivity index (χ0n) is 6.99. The molecule has 66 valence electrons. The summed E-state index contributed by atoms with van der Waals surface area (Å²) in [7, 11) is 0. The Kier molecular flexibility index (Phi) is 2.13. The van der Waals surface area contributed by atoms with Crippen LogP contribution in [0.5, 0.6) is 0 Å². The highest BCUT2D eigenvalue weighted by atomic mass is 16.5. The van der Waals surface area contributed by atoms with Gasteiger partial charge in [-0.05, 0) is 12.8 Å². The molecule has 2 rings (SSSR count). The molecule has 1 aromatic heterocycles. The first-order chi connectivity index (χ1) is 5.92. The standard InChI is InChI=1S/C9H13NO2/c11-6-8-5-10-12-9(8)7-3-1-2-4-7/h5,7,11H,1-4,6H2. The van der Waals surface area contributed by atoms with E-state index in [-0.39, 0.29) is 6.61 Å². The maximum absolute atomic E-state index is 8.97. The van der Waals surface area contributed by atoms with Gasteiger partial charge in [-0.3, -0.25) is 0 Å². The van der Waals surface area contributed by atoms with Crippen molar-refractivity contribution in [3.05, 3.63) is 17.5 Å². The lowest BCUT2D eigenvalue weighted by molar-refractivity contribution is 0.274. The molecule has 1 N–H and O–H groups in total. The maximum Gasteiger partial charge on any atom is 0.145 e. The van der Waals surface area contributed by atoms with Crippen molar-refractivity contribution in [2.45, 2.75) is 38.2 Å². The summed E-state index contributed by atoms with van der Waals surface area (Å²) in [6.45, 7) is 0.0509. The molecular formula is C9H13NO2. The Morgan fingerprint density at radius 3 is 2.92 bits per heavy atom. The minimum Gasteiger partial charge on any atom is -0.391 e. The number of nitrogens with zero attached hydrogens (tertiary/aromatic N) is 1. The van der Waals surface area contributed by atoms with E-state index in [4.69, 9.17) is 9.63 Å². The van der Waals surface area contributed by atoms with Gasteiger partial charge in [0.15, 0.2) is 0 Å². The number of hydrogen-bond acceptors (Lipinski definition) is 3. The van der Waals surface area contributed by atoms with Crippen molar-refractivity contribution in [2.75, 3.05) is 0 Å². The molecule has 1 fully saturated rings. The fourth-order valence-corrected chi connectivity index (χ4v) is 1.91. The van der Waals surface area contributed by atoms with Crippen LogP contribution in [0.4, 0.5) is 0 Å². The molecule has 0 spiro atoms. The topological polar surface area (TPSA) is 46.3 Å². The highest BCUT2D eigenvalue weighted by Gasteiger charge is 2.23. The normalized spacial score (nSPS) is 18.8. The van der Waals surface area contributed by atoms with E-state index in [0.717, 1.165) is 11.3 Å². The van der Waals surface area contributed by atoms with Crippen LogP contribution in [0, 0.1) is 0 Å². The van der Waals surface area contributed by atoms with Crippen molar-refractivity contribution in [2.24, 2.45) is 0 Å². The van der Waals surface area contributed by atoms with Gasteiger partial charge in [0.2, 0.25) is 0 Å². The van der Waals surface area contributed by atoms with Crippen molar-refractivity contribution < 1.29 is 9.63 Å². The molecule has 0 unspecified atom stereocenters. The second kappa shape index (κ2) is 3.27. The summed E-state index contributed by atoms with van der Waals surface area (Å²) in [5.41, 5.74) is 0.863. The first kappa shape index (κ1) is 7.80. The van der Waals surface area contributed by atoms with Gasteiger partial charge in [0.1, 0.15) is 5.76 Å². The quantitative estimate of drug-likeness (QED) is 0.730. The lowest BCUT2D eigenvalue weighted by Crippen LogP contribution is -1.94. The molecule has 1 aliphatic rings. The second-order valence-electron chi connectivity index (χ2n) is 3.35. The van der Waals surface area contributed by atoms with Crippen LogP contribution in [0.15, 0.2) is 10.7 Å². The highest BCUT2D eigenvalue weighted by molar-refractivity contribution is 5.17. The molecule has 3 heteroatoms. The van der Waals surface area contributed by atoms with Gasteiger partial charge in [-0.1, -0.05) is 18.0 Å². The Labute approximate surface area is 71.4 Å². The molecule has 1 aromatic rings. The van der Waals surface area contributed by atoms with Crippen LogP contribution in [0.2, 0.25) is 0 Å². The van der Waals surface area contributed by atoms with Crippen molar-refractivity contribution in [1.82, 2.24) is 5.16 Å². The van der Waals surface area contributed by atoms with Crippen molar-refractivity contribution in [3.8, 4) is 0 Å². The van der Waals surface area contributed by atoms with Gasteiger partial charge in [0, 0.05) is 11.5 Å². The largest absolute Gasteiger partial charge is 0.391 e. The number of aliphatic hydroxyl groups excluding tert-OH is 1. The minimum absolute atomic E-state index is 0.0509. The lowest BCUT2D eigenvalue weighted by Gasteiger charge is -2.04. The number of rotatable bonds is 2. The van der Waals surface area contributed by atoms with E-state index in [1.54, 1.807) is 6.20 Å². The molecule has 0 bridgehead atoms. The minimum atomic E-state index is 0.0509. The summed E-state index contributed by atoms with van der Waals surface area (Å²) >= 11 is 0. The molecule has 0 amide bonds. The Balaban J connectivity index is 2.19. The van der Waals surface area contributed by atoms with Crippen molar-refractivity contribution in [1.29, 1.82) is 0 Å². The van der Waals surface area contributed by atoms with Gasteiger partial charge in [-0.25, -0.2) is 0 Å². The lowest BCUT2D eigenvalue weighted by atomic mass is 10.0. The summed E-state index contributed by atoms with van der Waals surface area (Å²) < 4.78 is 5.13. The number of aromatic nitrogens is 1. The Hall–Kier alpha value is -0.830. The van der Waals surface area contributed by atoms with E-state index in [0.29, 0.717) is 5.92 Å². The fourth-order valence-electron chi connectivity index (χ4n) is 1.91. The van der Waals surface area contributed by atoms with Crippen LogP contribution in [0.25, 0.3) is 0 Å². The molecule has 0 atom stereocenters. The number of aliphatic hydroxyl groups is 1. The zero-order chi connectivity index (χ0) is 8.39. The summed E-state index contributed by atoms with van der Waals surface area (Å²) in [5, 5.41) is 12.7. The van der Waals surface area contributed by atoms with Crippen LogP contribution in [0.3, 0.4) is 0 Å². The van der Waals surface area contributed by atoms with Gasteiger partial charge in [-0.15, -0.1) is 0 Å². The third-order valence-electron chi connectivity index (χ3n) is 2.57.